The Morgan fingerprint density at radius 3 is 2.57 bits per heavy atom. The minimum atomic E-state index is -0.277. The van der Waals surface area contributed by atoms with Gasteiger partial charge >= 0.3 is 0 Å². The minimum absolute atomic E-state index is 0.0635. The van der Waals surface area contributed by atoms with Crippen LogP contribution in [0.5, 0.6) is 5.75 Å². The van der Waals surface area contributed by atoms with E-state index < -0.39 is 0 Å². The number of anilines is 2. The molecule has 2 aromatic carbocycles. The number of nitrogens with one attached hydrogen (secondary N) is 2. The molecule has 4 aromatic rings. The van der Waals surface area contributed by atoms with Gasteiger partial charge in [-0.1, -0.05) is 24.3 Å². The maximum absolute atomic E-state index is 12.3. The first kappa shape index (κ1) is 24.5. The fraction of sp³-hybridized carbons (Fsp3) is 0.179. The quantitative estimate of drug-likeness (QED) is 0.332. The first-order valence-corrected chi connectivity index (χ1v) is 12.2. The van der Waals surface area contributed by atoms with E-state index in [0.29, 0.717) is 16.5 Å². The number of hydrogen-bond acceptors (Lipinski definition) is 5. The lowest BCUT2D eigenvalue weighted by molar-refractivity contribution is -0.119. The molecule has 8 nitrogen and oxygen atoms in total. The van der Waals surface area contributed by atoms with Crippen LogP contribution in [0.3, 0.4) is 0 Å². The largest absolute Gasteiger partial charge is 0.495 e. The summed E-state index contributed by atoms with van der Waals surface area (Å²) < 4.78 is 12.6. The summed E-state index contributed by atoms with van der Waals surface area (Å²) >= 11 is 5.88. The van der Waals surface area contributed by atoms with Gasteiger partial charge in [0.05, 0.1) is 24.5 Å². The van der Waals surface area contributed by atoms with Crippen LogP contribution in [0.4, 0.5) is 11.4 Å². The molecule has 1 fully saturated rings. The van der Waals surface area contributed by atoms with Gasteiger partial charge in [-0.2, -0.15) is 0 Å². The van der Waals surface area contributed by atoms with E-state index in [1.807, 2.05) is 66.9 Å². The first-order valence-electron chi connectivity index (χ1n) is 11.8. The van der Waals surface area contributed by atoms with Gasteiger partial charge in [-0.05, 0) is 66.8 Å². The summed E-state index contributed by atoms with van der Waals surface area (Å²) in [5.41, 5.74) is 4.29. The van der Waals surface area contributed by atoms with Crippen molar-refractivity contribution < 1.29 is 14.3 Å². The van der Waals surface area contributed by atoms with Crippen LogP contribution in [0.25, 0.3) is 5.69 Å². The lowest BCUT2D eigenvalue weighted by Crippen LogP contribution is -2.30. The smallest absolute Gasteiger partial charge is 0.250 e. The molecule has 188 valence electrons. The number of methoxy groups -OCH3 is 2. The van der Waals surface area contributed by atoms with Gasteiger partial charge in [0.2, 0.25) is 5.91 Å². The third kappa shape index (κ3) is 4.91. The van der Waals surface area contributed by atoms with Gasteiger partial charge in [-0.15, -0.1) is 0 Å². The monoisotopic (exact) mass is 513 g/mol. The molecule has 0 saturated carbocycles. The highest BCUT2D eigenvalue weighted by molar-refractivity contribution is 7.80. The predicted molar refractivity (Wildman–Crippen MR) is 147 cm³/mol. The zero-order valence-electron chi connectivity index (χ0n) is 20.5. The second-order valence-corrected chi connectivity index (χ2v) is 8.89. The predicted octanol–water partition coefficient (Wildman–Crippen LogP) is 4.64. The van der Waals surface area contributed by atoms with Gasteiger partial charge < -0.3 is 29.6 Å². The molecule has 0 spiro atoms. The third-order valence-corrected chi connectivity index (χ3v) is 6.54. The Kier molecular flexibility index (Phi) is 7.16. The number of para-hydroxylation sites is 1. The summed E-state index contributed by atoms with van der Waals surface area (Å²) in [6, 6.07) is 25.4. The van der Waals surface area contributed by atoms with Gasteiger partial charge in [0, 0.05) is 36.6 Å². The van der Waals surface area contributed by atoms with E-state index in [0.717, 1.165) is 22.8 Å². The molecular formula is C28H27N5O3S. The molecule has 5 rings (SSSR count). The van der Waals surface area contributed by atoms with Crippen LogP contribution in [-0.2, 0) is 9.53 Å². The molecule has 1 aliphatic rings. The molecule has 1 amide bonds. The van der Waals surface area contributed by atoms with Crippen LogP contribution in [0.15, 0.2) is 91.3 Å². The standard InChI is InChI=1S/C28H27N5O3S/c1-35-18-25(34)30-22-17-20(13-14-24(22)36-2)33-27(26(31-28(33)37)21-11-6-7-15-29-21)23-12-8-16-32(23)19-9-4-3-5-10-19/h3-17,26-27H,18H2,1-2H3,(H,30,34)(H,31,37). The molecule has 2 aromatic heterocycles. The SMILES string of the molecule is COCC(=O)Nc1cc(N2C(=S)NC(c3ccccn3)C2c2cccn2-c2ccccc2)ccc1OC. The molecule has 1 saturated heterocycles. The van der Waals surface area contributed by atoms with Crippen LogP contribution in [-0.4, -0.2) is 41.4 Å². The lowest BCUT2D eigenvalue weighted by Gasteiger charge is -2.29. The summed E-state index contributed by atoms with van der Waals surface area (Å²) in [5.74, 6) is 0.262. The second-order valence-electron chi connectivity index (χ2n) is 8.50. The Labute approximate surface area is 220 Å². The van der Waals surface area contributed by atoms with E-state index in [9.17, 15) is 4.79 Å². The first-order chi connectivity index (χ1) is 18.1. The summed E-state index contributed by atoms with van der Waals surface area (Å²) in [6.45, 7) is -0.0635. The van der Waals surface area contributed by atoms with E-state index in [4.69, 9.17) is 21.7 Å². The molecule has 2 N–H and O–H groups in total. The third-order valence-electron chi connectivity index (χ3n) is 6.23. The molecule has 3 heterocycles. The maximum Gasteiger partial charge on any atom is 0.250 e. The van der Waals surface area contributed by atoms with Crippen molar-refractivity contribution in [2.24, 2.45) is 0 Å². The highest BCUT2D eigenvalue weighted by atomic mass is 32.1. The van der Waals surface area contributed by atoms with Gasteiger partial charge in [0.1, 0.15) is 18.4 Å². The fourth-order valence-corrected chi connectivity index (χ4v) is 5.00. The number of amides is 1. The number of rotatable bonds is 8. The van der Waals surface area contributed by atoms with Crippen LogP contribution in [0.2, 0.25) is 0 Å². The number of benzene rings is 2. The average molecular weight is 514 g/mol. The van der Waals surface area contributed by atoms with Crippen LogP contribution >= 0.6 is 12.2 Å². The molecule has 0 aliphatic carbocycles. The number of pyridine rings is 1. The Bertz CT molecular complexity index is 1390. The molecule has 0 radical (unpaired) electrons. The number of ether oxygens (including phenoxy) is 2. The Morgan fingerprint density at radius 2 is 1.84 bits per heavy atom. The van der Waals surface area contributed by atoms with Crippen molar-refractivity contribution in [3.8, 4) is 11.4 Å². The molecular weight excluding hydrogens is 486 g/mol. The van der Waals surface area contributed by atoms with Crippen molar-refractivity contribution >= 4 is 34.6 Å². The zero-order chi connectivity index (χ0) is 25.8. The highest BCUT2D eigenvalue weighted by Gasteiger charge is 2.42. The average Bonchev–Trinajstić information content (AvgIpc) is 3.54. The van der Waals surface area contributed by atoms with E-state index in [1.165, 1.54) is 7.11 Å². The molecule has 2 unspecified atom stereocenters. The minimum Gasteiger partial charge on any atom is -0.495 e. The summed E-state index contributed by atoms with van der Waals surface area (Å²) in [7, 11) is 3.04. The number of carbonyl (C=O) groups excluding carboxylic acids is 1. The summed E-state index contributed by atoms with van der Waals surface area (Å²) in [5, 5.41) is 6.92. The summed E-state index contributed by atoms with van der Waals surface area (Å²) in [6.07, 6.45) is 3.83. The number of thiocarbonyl (C=S) groups is 1. The number of carbonyl (C=O) groups is 1. The molecule has 37 heavy (non-hydrogen) atoms. The van der Waals surface area contributed by atoms with Crippen molar-refractivity contribution in [1.29, 1.82) is 0 Å². The van der Waals surface area contributed by atoms with Crippen LogP contribution in [0, 0.1) is 0 Å². The van der Waals surface area contributed by atoms with Gasteiger partial charge in [-0.3, -0.25) is 9.78 Å². The van der Waals surface area contributed by atoms with E-state index in [2.05, 4.69) is 43.3 Å². The topological polar surface area (TPSA) is 80.7 Å². The van der Waals surface area contributed by atoms with Gasteiger partial charge in [0.15, 0.2) is 5.11 Å². The Hall–Kier alpha value is -4.21. The van der Waals surface area contributed by atoms with Gasteiger partial charge in [-0.25, -0.2) is 0 Å². The van der Waals surface area contributed by atoms with E-state index in [1.54, 1.807) is 13.3 Å². The van der Waals surface area contributed by atoms with E-state index >= 15 is 0 Å². The van der Waals surface area contributed by atoms with Crippen molar-refractivity contribution in [3.05, 3.63) is 103 Å². The van der Waals surface area contributed by atoms with Crippen molar-refractivity contribution in [2.45, 2.75) is 12.1 Å². The zero-order valence-corrected chi connectivity index (χ0v) is 21.3. The van der Waals surface area contributed by atoms with Crippen LogP contribution in [0.1, 0.15) is 23.5 Å². The van der Waals surface area contributed by atoms with Crippen LogP contribution < -0.4 is 20.3 Å². The number of aromatic nitrogens is 2. The Morgan fingerprint density at radius 1 is 1.03 bits per heavy atom. The normalized spacial score (nSPS) is 16.9. The maximum atomic E-state index is 12.3. The molecule has 2 atom stereocenters. The summed E-state index contributed by atoms with van der Waals surface area (Å²) in [4.78, 5) is 19.0. The number of hydrogen-bond donors (Lipinski definition) is 2. The van der Waals surface area contributed by atoms with Crippen molar-refractivity contribution in [3.63, 3.8) is 0 Å². The molecule has 9 heteroatoms. The van der Waals surface area contributed by atoms with Gasteiger partial charge in [0.25, 0.3) is 0 Å². The number of nitrogens with zero attached hydrogens (tertiary/aromatic N) is 3. The fourth-order valence-electron chi connectivity index (χ4n) is 4.65. The Balaban J connectivity index is 1.62. The lowest BCUT2D eigenvalue weighted by atomic mass is 10.0. The highest BCUT2D eigenvalue weighted by Crippen LogP contribution is 2.43. The van der Waals surface area contributed by atoms with E-state index in [-0.39, 0.29) is 24.6 Å². The second kappa shape index (κ2) is 10.8. The van der Waals surface area contributed by atoms with Crippen molar-refractivity contribution in [2.75, 3.05) is 31.0 Å². The molecule has 1 aliphatic heterocycles. The molecule has 0 bridgehead atoms. The van der Waals surface area contributed by atoms with Crippen molar-refractivity contribution in [1.82, 2.24) is 14.9 Å².